The first-order valence-electron chi connectivity index (χ1n) is 13.4. The third-order valence-corrected chi connectivity index (χ3v) is 9.39. The molecule has 0 fully saturated rings. The zero-order chi connectivity index (χ0) is 32.1. The molecule has 1 atom stereocenters. The molecular weight excluding hydrogens is 610 g/mol. The normalized spacial score (nSPS) is 12.9. The smallest absolute Gasteiger partial charge is 0.341 e. The van der Waals surface area contributed by atoms with E-state index in [0.717, 1.165) is 28.6 Å². The van der Waals surface area contributed by atoms with Crippen molar-refractivity contribution in [3.05, 3.63) is 75.2 Å². The number of carboxylic acids is 2. The number of rotatable bonds is 10. The van der Waals surface area contributed by atoms with Crippen molar-refractivity contribution in [2.45, 2.75) is 43.4 Å². The molecule has 1 unspecified atom stereocenters. The lowest BCUT2D eigenvalue weighted by molar-refractivity contribution is -0.129. The summed E-state index contributed by atoms with van der Waals surface area (Å²) in [6.45, 7) is 4.12. The Morgan fingerprint density at radius 3 is 2.41 bits per heavy atom. The Kier molecular flexibility index (Phi) is 10.1. The molecule has 12 nitrogen and oxygen atoms in total. The van der Waals surface area contributed by atoms with Gasteiger partial charge in [0.1, 0.15) is 5.00 Å². The lowest BCUT2D eigenvalue weighted by Crippen LogP contribution is -2.34. The number of nitrogens with one attached hydrogen (secondary N) is 2. The van der Waals surface area contributed by atoms with Crippen molar-refractivity contribution in [2.75, 3.05) is 24.3 Å². The molecule has 1 aliphatic heterocycles. The number of benzene rings is 2. The van der Waals surface area contributed by atoms with E-state index in [1.165, 1.54) is 37.1 Å². The van der Waals surface area contributed by atoms with Crippen molar-refractivity contribution in [1.29, 1.82) is 0 Å². The van der Waals surface area contributed by atoms with E-state index in [0.29, 0.717) is 47.1 Å². The Bertz CT molecular complexity index is 1670. The van der Waals surface area contributed by atoms with Gasteiger partial charge in [-0.3, -0.25) is 14.4 Å². The number of ether oxygens (including phenoxy) is 1. The van der Waals surface area contributed by atoms with Crippen LogP contribution < -0.4 is 10.6 Å². The van der Waals surface area contributed by atoms with Crippen LogP contribution in [0.3, 0.4) is 0 Å². The maximum atomic E-state index is 13.4. The highest BCUT2D eigenvalue weighted by molar-refractivity contribution is 8.00. The van der Waals surface area contributed by atoms with E-state index in [2.05, 4.69) is 10.6 Å². The molecule has 0 bridgehead atoms. The molecule has 3 aromatic rings. The lowest BCUT2D eigenvalue weighted by Gasteiger charge is -2.25. The fourth-order valence-electron chi connectivity index (χ4n) is 4.66. The fourth-order valence-corrected chi connectivity index (χ4v) is 6.92. The summed E-state index contributed by atoms with van der Waals surface area (Å²) in [6.07, 6.45) is 0.898. The predicted octanol–water partition coefficient (Wildman–Crippen LogP) is 4.60. The molecule has 2 aromatic carbocycles. The molecule has 0 radical (unpaired) electrons. The van der Waals surface area contributed by atoms with Crippen LogP contribution in [0, 0.1) is 0 Å². The van der Waals surface area contributed by atoms with Gasteiger partial charge in [-0.2, -0.15) is 0 Å². The standard InChI is InChI=1S/C30H29N3O9S2/c1-4-22(26(36)32-27-24(30(41)42-3)20-10-11-33(15(2)34)14-23(20)44-27)43-18-7-5-6-17(13-18)31-25(35)19-9-8-16(28(37)38)12-21(19)29(39)40/h5-9,12-13,22H,4,10-11,14H2,1-3H3,(H,31,35)(H,32,36)(H,37,38)(H,39,40). The van der Waals surface area contributed by atoms with Gasteiger partial charge in [0.25, 0.3) is 5.91 Å². The molecule has 0 saturated carbocycles. The Morgan fingerprint density at radius 2 is 1.77 bits per heavy atom. The van der Waals surface area contributed by atoms with Crippen molar-refractivity contribution in [3.63, 3.8) is 0 Å². The summed E-state index contributed by atoms with van der Waals surface area (Å²) < 4.78 is 4.99. The zero-order valence-corrected chi connectivity index (χ0v) is 25.6. The summed E-state index contributed by atoms with van der Waals surface area (Å²) in [5.41, 5.74) is 0.473. The van der Waals surface area contributed by atoms with Crippen molar-refractivity contribution in [1.82, 2.24) is 4.90 Å². The van der Waals surface area contributed by atoms with Gasteiger partial charge in [-0.25, -0.2) is 14.4 Å². The third kappa shape index (κ3) is 7.09. The van der Waals surface area contributed by atoms with Gasteiger partial charge in [-0.05, 0) is 54.8 Å². The van der Waals surface area contributed by atoms with Gasteiger partial charge in [0.2, 0.25) is 11.8 Å². The number of nitrogens with zero attached hydrogens (tertiary/aromatic N) is 1. The molecule has 3 amide bonds. The van der Waals surface area contributed by atoms with Crippen molar-refractivity contribution in [2.24, 2.45) is 0 Å². The number of thiophene rings is 1. The monoisotopic (exact) mass is 639 g/mol. The van der Waals surface area contributed by atoms with E-state index in [9.17, 15) is 33.9 Å². The largest absolute Gasteiger partial charge is 0.478 e. The van der Waals surface area contributed by atoms with Crippen molar-refractivity contribution < 1.29 is 43.7 Å². The maximum Gasteiger partial charge on any atom is 0.341 e. The van der Waals surface area contributed by atoms with Crippen LogP contribution in [0.15, 0.2) is 47.4 Å². The molecule has 230 valence electrons. The minimum absolute atomic E-state index is 0.0754. The molecular formula is C30H29N3O9S2. The molecule has 1 aromatic heterocycles. The molecule has 4 N–H and O–H groups in total. The quantitative estimate of drug-likeness (QED) is 0.181. The summed E-state index contributed by atoms with van der Waals surface area (Å²) in [5.74, 6) is -4.50. The number of hydrogen-bond acceptors (Lipinski definition) is 9. The van der Waals surface area contributed by atoms with E-state index in [4.69, 9.17) is 9.84 Å². The molecule has 0 aliphatic carbocycles. The second kappa shape index (κ2) is 13.7. The SMILES string of the molecule is CCC(Sc1cccc(NC(=O)c2ccc(C(=O)O)cc2C(=O)O)c1)C(=O)Nc1sc2c(c1C(=O)OC)CCN(C(C)=O)C2. The summed E-state index contributed by atoms with van der Waals surface area (Å²) in [5, 5.41) is 24.0. The molecule has 4 rings (SSSR count). The first-order chi connectivity index (χ1) is 20.9. The van der Waals surface area contributed by atoms with Gasteiger partial charge in [0, 0.05) is 28.9 Å². The number of hydrogen-bond donors (Lipinski definition) is 4. The van der Waals surface area contributed by atoms with E-state index in [1.807, 2.05) is 6.92 Å². The summed E-state index contributed by atoms with van der Waals surface area (Å²) in [6, 6.07) is 9.85. The topological polar surface area (TPSA) is 179 Å². The maximum absolute atomic E-state index is 13.4. The van der Waals surface area contributed by atoms with E-state index >= 15 is 0 Å². The Morgan fingerprint density at radius 1 is 1.02 bits per heavy atom. The van der Waals surface area contributed by atoms with Crippen LogP contribution in [0.25, 0.3) is 0 Å². The second-order valence-corrected chi connectivity index (χ2v) is 12.1. The van der Waals surface area contributed by atoms with Gasteiger partial charge in [0.15, 0.2) is 0 Å². The van der Waals surface area contributed by atoms with Crippen LogP contribution in [0.5, 0.6) is 0 Å². The molecule has 0 spiro atoms. The Balaban J connectivity index is 1.51. The second-order valence-electron chi connectivity index (χ2n) is 9.75. The Labute approximate surface area is 260 Å². The van der Waals surface area contributed by atoms with E-state index in [-0.39, 0.29) is 22.9 Å². The van der Waals surface area contributed by atoms with Crippen LogP contribution in [-0.4, -0.2) is 69.6 Å². The minimum Gasteiger partial charge on any atom is -0.478 e. The van der Waals surface area contributed by atoms with Crippen LogP contribution in [0.1, 0.15) is 72.1 Å². The first-order valence-corrected chi connectivity index (χ1v) is 15.1. The number of carbonyl (C=O) groups excluding carboxylic acids is 4. The predicted molar refractivity (Wildman–Crippen MR) is 164 cm³/mol. The average Bonchev–Trinajstić information content (AvgIpc) is 3.35. The lowest BCUT2D eigenvalue weighted by atomic mass is 10.0. The third-order valence-electron chi connectivity index (χ3n) is 6.90. The summed E-state index contributed by atoms with van der Waals surface area (Å²) in [7, 11) is 1.27. The molecule has 1 aliphatic rings. The van der Waals surface area contributed by atoms with Gasteiger partial charge in [-0.15, -0.1) is 23.1 Å². The summed E-state index contributed by atoms with van der Waals surface area (Å²) >= 11 is 2.48. The average molecular weight is 640 g/mol. The Hall–Kier alpha value is -4.69. The molecule has 14 heteroatoms. The van der Waals surface area contributed by atoms with Gasteiger partial charge in [0.05, 0.1) is 41.2 Å². The highest BCUT2D eigenvalue weighted by Crippen LogP contribution is 2.38. The van der Waals surface area contributed by atoms with Crippen LogP contribution >= 0.6 is 23.1 Å². The van der Waals surface area contributed by atoms with Crippen LogP contribution in [0.2, 0.25) is 0 Å². The van der Waals surface area contributed by atoms with Gasteiger partial charge < -0.3 is 30.5 Å². The van der Waals surface area contributed by atoms with Crippen molar-refractivity contribution >= 4 is 69.4 Å². The van der Waals surface area contributed by atoms with Gasteiger partial charge >= 0.3 is 17.9 Å². The number of carbonyl (C=O) groups is 6. The molecule has 0 saturated heterocycles. The number of thioether (sulfide) groups is 1. The number of amides is 3. The summed E-state index contributed by atoms with van der Waals surface area (Å²) in [4.78, 5) is 77.0. The highest BCUT2D eigenvalue weighted by Gasteiger charge is 2.31. The van der Waals surface area contributed by atoms with Crippen LogP contribution in [0.4, 0.5) is 10.7 Å². The van der Waals surface area contributed by atoms with E-state index < -0.39 is 34.6 Å². The fraction of sp³-hybridized carbons (Fsp3) is 0.267. The van der Waals surface area contributed by atoms with Crippen LogP contribution in [-0.2, 0) is 27.3 Å². The van der Waals surface area contributed by atoms with Gasteiger partial charge in [-0.1, -0.05) is 13.0 Å². The zero-order valence-electron chi connectivity index (χ0n) is 24.0. The number of anilines is 2. The number of esters is 1. The number of carboxylic acid groups (broad SMARTS) is 2. The minimum atomic E-state index is -1.45. The highest BCUT2D eigenvalue weighted by atomic mass is 32.2. The molecule has 44 heavy (non-hydrogen) atoms. The number of aromatic carboxylic acids is 2. The number of methoxy groups -OCH3 is 1. The number of fused-ring (bicyclic) bond motifs is 1. The van der Waals surface area contributed by atoms with E-state index in [1.54, 1.807) is 29.2 Å². The first kappa shape index (κ1) is 32.2. The molecule has 2 heterocycles. The van der Waals surface area contributed by atoms with Crippen molar-refractivity contribution in [3.8, 4) is 0 Å².